The van der Waals surface area contributed by atoms with Crippen LogP contribution in [0.15, 0.2) is 0 Å². The van der Waals surface area contributed by atoms with Gasteiger partial charge in [-0.1, -0.05) is 25.4 Å². The molecular weight excluding hydrogens is 222 g/mol. The van der Waals surface area contributed by atoms with Gasteiger partial charge in [0.15, 0.2) is 0 Å². The molecule has 0 saturated heterocycles. The number of aryl methyl sites for hydroxylation is 2. The molecule has 0 unspecified atom stereocenters. The first-order valence-electron chi connectivity index (χ1n) is 5.87. The van der Waals surface area contributed by atoms with Crippen LogP contribution < -0.4 is 5.73 Å². The summed E-state index contributed by atoms with van der Waals surface area (Å²) < 4.78 is 1.73. The van der Waals surface area contributed by atoms with Crippen molar-refractivity contribution in [2.45, 2.75) is 40.0 Å². The number of nitrogens with zero attached hydrogens (tertiary/aromatic N) is 2. The molecule has 4 heteroatoms. The molecule has 1 aromatic rings. The molecule has 0 aliphatic carbocycles. The van der Waals surface area contributed by atoms with Crippen LogP contribution in [0.1, 0.15) is 37.9 Å². The van der Waals surface area contributed by atoms with Crippen LogP contribution in [0.4, 0.5) is 0 Å². The van der Waals surface area contributed by atoms with E-state index in [1.807, 2.05) is 14.0 Å². The van der Waals surface area contributed by atoms with E-state index in [9.17, 15) is 0 Å². The van der Waals surface area contributed by atoms with E-state index in [1.165, 1.54) is 0 Å². The van der Waals surface area contributed by atoms with Crippen molar-refractivity contribution in [3.05, 3.63) is 16.4 Å². The Hall–Kier alpha value is -0.540. The molecule has 1 aromatic heterocycles. The maximum atomic E-state index is 6.25. The lowest BCUT2D eigenvalue weighted by molar-refractivity contribution is 0.271. The van der Waals surface area contributed by atoms with Crippen molar-refractivity contribution in [1.82, 2.24) is 9.78 Å². The number of aromatic nitrogens is 2. The normalized spacial score (nSPS) is 12.1. The van der Waals surface area contributed by atoms with Crippen LogP contribution in [-0.4, -0.2) is 16.3 Å². The number of rotatable bonds is 5. The van der Waals surface area contributed by atoms with Crippen molar-refractivity contribution in [3.8, 4) is 0 Å². The molecule has 3 nitrogen and oxygen atoms in total. The minimum atomic E-state index is 0.164. The summed E-state index contributed by atoms with van der Waals surface area (Å²) >= 11 is 6.25. The molecule has 1 heterocycles. The van der Waals surface area contributed by atoms with Gasteiger partial charge in [-0.15, -0.1) is 0 Å². The van der Waals surface area contributed by atoms with E-state index >= 15 is 0 Å². The highest BCUT2D eigenvalue weighted by Crippen LogP contribution is 2.33. The monoisotopic (exact) mass is 243 g/mol. The molecule has 92 valence electrons. The van der Waals surface area contributed by atoms with Gasteiger partial charge in [-0.25, -0.2) is 0 Å². The lowest BCUT2D eigenvalue weighted by Crippen LogP contribution is -2.31. The molecule has 0 aliphatic heterocycles. The Labute approximate surface area is 103 Å². The van der Waals surface area contributed by atoms with E-state index in [0.29, 0.717) is 6.54 Å². The zero-order valence-electron chi connectivity index (χ0n) is 10.7. The fourth-order valence-electron chi connectivity index (χ4n) is 2.11. The van der Waals surface area contributed by atoms with Gasteiger partial charge in [-0.05, 0) is 38.1 Å². The predicted molar refractivity (Wildman–Crippen MR) is 68.7 cm³/mol. The Morgan fingerprint density at radius 1 is 1.38 bits per heavy atom. The van der Waals surface area contributed by atoms with Crippen molar-refractivity contribution in [1.29, 1.82) is 0 Å². The molecule has 0 radical (unpaired) electrons. The van der Waals surface area contributed by atoms with E-state index in [4.69, 9.17) is 17.3 Å². The summed E-state index contributed by atoms with van der Waals surface area (Å²) in [5.74, 6) is 0. The Kier molecular flexibility index (Phi) is 4.39. The molecule has 0 fully saturated rings. The van der Waals surface area contributed by atoms with Gasteiger partial charge in [-0.3, -0.25) is 4.68 Å². The number of halogens is 1. The lowest BCUT2D eigenvalue weighted by Gasteiger charge is -2.30. The molecule has 0 spiro atoms. The van der Waals surface area contributed by atoms with E-state index in [0.717, 1.165) is 35.7 Å². The van der Waals surface area contributed by atoms with Crippen molar-refractivity contribution in [3.63, 3.8) is 0 Å². The van der Waals surface area contributed by atoms with Gasteiger partial charge in [0.2, 0.25) is 0 Å². The Bertz CT molecular complexity index is 345. The Morgan fingerprint density at radius 2 is 1.94 bits per heavy atom. The third-order valence-electron chi connectivity index (χ3n) is 3.75. The summed E-state index contributed by atoms with van der Waals surface area (Å²) in [6.07, 6.45) is 3.07. The van der Waals surface area contributed by atoms with Crippen molar-refractivity contribution in [2.75, 3.05) is 6.54 Å². The molecule has 0 amide bonds. The molecule has 0 atom stereocenters. The highest BCUT2D eigenvalue weighted by atomic mass is 35.5. The van der Waals surface area contributed by atoms with Crippen LogP contribution in [0.3, 0.4) is 0 Å². The summed E-state index contributed by atoms with van der Waals surface area (Å²) in [6, 6.07) is 0. The largest absolute Gasteiger partial charge is 0.330 e. The van der Waals surface area contributed by atoms with Gasteiger partial charge in [0.1, 0.15) is 5.15 Å². The fraction of sp³-hybridized carbons (Fsp3) is 0.750. The Balaban J connectivity index is 3.02. The Morgan fingerprint density at radius 3 is 2.25 bits per heavy atom. The smallest absolute Gasteiger partial charge is 0.130 e. The highest BCUT2D eigenvalue weighted by Gasteiger charge is 2.27. The second-order valence-electron chi connectivity index (χ2n) is 4.57. The lowest BCUT2D eigenvalue weighted by atomic mass is 9.77. The first-order chi connectivity index (χ1) is 7.49. The SMILES string of the molecule is CCC(CC)(CN)Cc1c(C)nn(C)c1Cl. The summed E-state index contributed by atoms with van der Waals surface area (Å²) in [4.78, 5) is 0. The standard InChI is InChI=1S/C12H22ClN3/c1-5-12(6-2,8-14)7-10-9(3)15-16(4)11(10)13/h5-8,14H2,1-4H3. The first kappa shape index (κ1) is 13.5. The average molecular weight is 244 g/mol. The van der Waals surface area contributed by atoms with Gasteiger partial charge >= 0.3 is 0 Å². The average Bonchev–Trinajstić information content (AvgIpc) is 2.52. The number of nitrogens with two attached hydrogens (primary N) is 1. The maximum absolute atomic E-state index is 6.25. The number of hydrogen-bond acceptors (Lipinski definition) is 2. The van der Waals surface area contributed by atoms with E-state index in [1.54, 1.807) is 4.68 Å². The molecule has 16 heavy (non-hydrogen) atoms. The van der Waals surface area contributed by atoms with Gasteiger partial charge in [0.05, 0.1) is 5.69 Å². The molecule has 0 aliphatic rings. The molecule has 1 rings (SSSR count). The van der Waals surface area contributed by atoms with Crippen LogP contribution in [0.5, 0.6) is 0 Å². The maximum Gasteiger partial charge on any atom is 0.130 e. The van der Waals surface area contributed by atoms with E-state index in [-0.39, 0.29) is 5.41 Å². The van der Waals surface area contributed by atoms with Crippen molar-refractivity contribution < 1.29 is 0 Å². The van der Waals surface area contributed by atoms with Crippen LogP contribution in [-0.2, 0) is 13.5 Å². The van der Waals surface area contributed by atoms with E-state index in [2.05, 4.69) is 18.9 Å². The van der Waals surface area contributed by atoms with Gasteiger partial charge in [-0.2, -0.15) is 5.10 Å². The second kappa shape index (κ2) is 5.19. The molecular formula is C12H22ClN3. The molecule has 2 N–H and O–H groups in total. The first-order valence-corrected chi connectivity index (χ1v) is 6.25. The summed E-state index contributed by atoms with van der Waals surface area (Å²) in [7, 11) is 1.88. The van der Waals surface area contributed by atoms with Gasteiger partial charge in [0.25, 0.3) is 0 Å². The minimum absolute atomic E-state index is 0.164. The van der Waals surface area contributed by atoms with Crippen LogP contribution >= 0.6 is 11.6 Å². The molecule has 0 bridgehead atoms. The van der Waals surface area contributed by atoms with Crippen LogP contribution in [0, 0.1) is 12.3 Å². The van der Waals surface area contributed by atoms with Crippen molar-refractivity contribution in [2.24, 2.45) is 18.2 Å². The topological polar surface area (TPSA) is 43.8 Å². The molecule has 0 saturated carbocycles. The number of hydrogen-bond donors (Lipinski definition) is 1. The summed E-state index contributed by atoms with van der Waals surface area (Å²) in [5.41, 5.74) is 8.25. The van der Waals surface area contributed by atoms with Crippen molar-refractivity contribution >= 4 is 11.6 Å². The zero-order valence-corrected chi connectivity index (χ0v) is 11.4. The second-order valence-corrected chi connectivity index (χ2v) is 4.92. The zero-order chi connectivity index (χ0) is 12.3. The summed E-state index contributed by atoms with van der Waals surface area (Å²) in [5, 5.41) is 5.09. The van der Waals surface area contributed by atoms with E-state index < -0.39 is 0 Å². The van der Waals surface area contributed by atoms with Gasteiger partial charge in [0, 0.05) is 12.6 Å². The third kappa shape index (κ3) is 2.41. The highest BCUT2D eigenvalue weighted by molar-refractivity contribution is 6.30. The minimum Gasteiger partial charge on any atom is -0.330 e. The molecule has 0 aromatic carbocycles. The third-order valence-corrected chi connectivity index (χ3v) is 4.23. The fourth-order valence-corrected chi connectivity index (χ4v) is 2.35. The van der Waals surface area contributed by atoms with Gasteiger partial charge < -0.3 is 5.73 Å². The predicted octanol–water partition coefficient (Wildman–Crippen LogP) is 2.69. The van der Waals surface area contributed by atoms with Crippen LogP contribution in [0.2, 0.25) is 5.15 Å². The van der Waals surface area contributed by atoms with Crippen LogP contribution in [0.25, 0.3) is 0 Å². The summed E-state index contributed by atoms with van der Waals surface area (Å²) in [6.45, 7) is 7.09. The quantitative estimate of drug-likeness (QED) is 0.864.